The van der Waals surface area contributed by atoms with Crippen molar-refractivity contribution in [3.8, 4) is 11.3 Å². The summed E-state index contributed by atoms with van der Waals surface area (Å²) in [7, 11) is -3.59. The van der Waals surface area contributed by atoms with E-state index in [-0.39, 0.29) is 10.8 Å². The second-order valence-electron chi connectivity index (χ2n) is 7.35. The maximum Gasteiger partial charge on any atom is 0.257 e. The van der Waals surface area contributed by atoms with E-state index in [1.807, 2.05) is 36.6 Å². The van der Waals surface area contributed by atoms with Crippen molar-refractivity contribution in [1.29, 1.82) is 0 Å². The molecule has 156 valence electrons. The highest BCUT2D eigenvalue weighted by Crippen LogP contribution is 2.26. The van der Waals surface area contributed by atoms with Gasteiger partial charge in [0.1, 0.15) is 0 Å². The Bertz CT molecular complexity index is 1150. The molecular formula is C22H23N3O3S2. The number of amides is 1. The highest BCUT2D eigenvalue weighted by atomic mass is 32.2. The molecule has 8 heteroatoms. The number of aromatic nitrogens is 1. The van der Waals surface area contributed by atoms with Gasteiger partial charge in [0.2, 0.25) is 10.0 Å². The minimum absolute atomic E-state index is 0.150. The first-order chi connectivity index (χ1) is 14.4. The molecule has 1 aliphatic heterocycles. The number of aryl methyl sites for hydroxylation is 1. The largest absolute Gasteiger partial charge is 0.298 e. The topological polar surface area (TPSA) is 79.4 Å². The van der Waals surface area contributed by atoms with E-state index in [0.29, 0.717) is 23.8 Å². The molecule has 0 bridgehead atoms. The van der Waals surface area contributed by atoms with E-state index in [0.717, 1.165) is 30.5 Å². The summed E-state index contributed by atoms with van der Waals surface area (Å²) < 4.78 is 27.3. The molecule has 1 fully saturated rings. The van der Waals surface area contributed by atoms with E-state index in [4.69, 9.17) is 0 Å². The van der Waals surface area contributed by atoms with Gasteiger partial charge in [0.15, 0.2) is 5.13 Å². The van der Waals surface area contributed by atoms with Crippen LogP contribution in [0.5, 0.6) is 0 Å². The number of nitrogens with zero attached hydrogens (tertiary/aromatic N) is 2. The summed E-state index contributed by atoms with van der Waals surface area (Å²) >= 11 is 1.33. The maximum atomic E-state index is 12.9. The number of sulfonamides is 1. The molecule has 4 rings (SSSR count). The Morgan fingerprint density at radius 3 is 2.53 bits per heavy atom. The lowest BCUT2D eigenvalue weighted by atomic mass is 10.1. The number of carbonyl (C=O) groups excluding carboxylic acids is 1. The normalized spacial score (nSPS) is 15.1. The summed E-state index contributed by atoms with van der Waals surface area (Å²) in [5, 5.41) is 5.14. The Morgan fingerprint density at radius 2 is 1.80 bits per heavy atom. The van der Waals surface area contributed by atoms with Crippen LogP contribution in [0.15, 0.2) is 58.8 Å². The van der Waals surface area contributed by atoms with Crippen LogP contribution in [-0.2, 0) is 10.0 Å². The summed E-state index contributed by atoms with van der Waals surface area (Å²) in [4.78, 5) is 17.3. The molecule has 3 aromatic rings. The average Bonchev–Trinajstić information content (AvgIpc) is 3.23. The van der Waals surface area contributed by atoms with E-state index in [1.165, 1.54) is 27.3 Å². The van der Waals surface area contributed by atoms with E-state index in [9.17, 15) is 13.2 Å². The molecule has 1 aromatic heterocycles. The lowest BCUT2D eigenvalue weighted by Gasteiger charge is -2.26. The molecule has 0 unspecified atom stereocenters. The zero-order valence-electron chi connectivity index (χ0n) is 16.7. The molecule has 0 aliphatic carbocycles. The summed E-state index contributed by atoms with van der Waals surface area (Å²) in [6.45, 7) is 3.08. The molecular weight excluding hydrogens is 418 g/mol. The SMILES string of the molecule is Cc1ccc(-c2csc(NC(=O)c3cccc(S(=O)(=O)N4CCCCC4)c3)n2)cc1. The van der Waals surface area contributed by atoms with E-state index >= 15 is 0 Å². The van der Waals surface area contributed by atoms with Crippen molar-refractivity contribution >= 4 is 32.4 Å². The van der Waals surface area contributed by atoms with Crippen molar-refractivity contribution in [2.24, 2.45) is 0 Å². The quantitative estimate of drug-likeness (QED) is 0.630. The molecule has 2 aromatic carbocycles. The van der Waals surface area contributed by atoms with Crippen LogP contribution in [0.4, 0.5) is 5.13 Å². The smallest absolute Gasteiger partial charge is 0.257 e. The van der Waals surface area contributed by atoms with Gasteiger partial charge in [-0.25, -0.2) is 13.4 Å². The Morgan fingerprint density at radius 1 is 1.07 bits per heavy atom. The van der Waals surface area contributed by atoms with Crippen LogP contribution in [0.3, 0.4) is 0 Å². The van der Waals surface area contributed by atoms with Gasteiger partial charge in [0.25, 0.3) is 5.91 Å². The standard InChI is InChI=1S/C22H23N3O3S2/c1-16-8-10-17(11-9-16)20-15-29-22(23-20)24-21(26)18-6-5-7-19(14-18)30(27,28)25-12-3-2-4-13-25/h5-11,14-15H,2-4,12-13H2,1H3,(H,23,24,26). The fourth-order valence-corrected chi connectivity index (χ4v) is 5.69. The number of thiazole rings is 1. The van der Waals surface area contributed by atoms with Gasteiger partial charge in [-0.2, -0.15) is 4.31 Å². The molecule has 6 nitrogen and oxygen atoms in total. The highest BCUT2D eigenvalue weighted by molar-refractivity contribution is 7.89. The summed E-state index contributed by atoms with van der Waals surface area (Å²) in [5.74, 6) is -0.379. The molecule has 1 saturated heterocycles. The van der Waals surface area contributed by atoms with Crippen molar-refractivity contribution in [2.45, 2.75) is 31.1 Å². The molecule has 1 amide bonds. The average molecular weight is 442 g/mol. The number of piperidine rings is 1. The van der Waals surface area contributed by atoms with Crippen LogP contribution >= 0.6 is 11.3 Å². The van der Waals surface area contributed by atoms with Gasteiger partial charge >= 0.3 is 0 Å². The lowest BCUT2D eigenvalue weighted by Crippen LogP contribution is -2.35. The van der Waals surface area contributed by atoms with Crippen LogP contribution in [0.2, 0.25) is 0 Å². The minimum atomic E-state index is -3.59. The predicted octanol–water partition coefficient (Wildman–Crippen LogP) is 4.55. The monoisotopic (exact) mass is 441 g/mol. The predicted molar refractivity (Wildman–Crippen MR) is 119 cm³/mol. The first-order valence-electron chi connectivity index (χ1n) is 9.88. The van der Waals surface area contributed by atoms with Gasteiger partial charge in [-0.15, -0.1) is 11.3 Å². The van der Waals surface area contributed by atoms with Crippen molar-refractivity contribution in [3.05, 3.63) is 65.0 Å². The maximum absolute atomic E-state index is 12.9. The minimum Gasteiger partial charge on any atom is -0.298 e. The van der Waals surface area contributed by atoms with Crippen LogP contribution in [0.1, 0.15) is 35.2 Å². The number of rotatable bonds is 5. The molecule has 2 heterocycles. The fourth-order valence-electron chi connectivity index (χ4n) is 3.41. The Hall–Kier alpha value is -2.55. The number of hydrogen-bond donors (Lipinski definition) is 1. The van der Waals surface area contributed by atoms with Crippen molar-refractivity contribution in [2.75, 3.05) is 18.4 Å². The summed E-state index contributed by atoms with van der Waals surface area (Å²) in [6, 6.07) is 14.2. The molecule has 30 heavy (non-hydrogen) atoms. The van der Waals surface area contributed by atoms with Gasteiger partial charge < -0.3 is 0 Å². The Kier molecular flexibility index (Phi) is 5.99. The van der Waals surface area contributed by atoms with Gasteiger partial charge in [-0.3, -0.25) is 10.1 Å². The van der Waals surface area contributed by atoms with Crippen LogP contribution in [0, 0.1) is 6.92 Å². The zero-order chi connectivity index (χ0) is 21.1. The molecule has 0 saturated carbocycles. The fraction of sp³-hybridized carbons (Fsp3) is 0.273. The van der Waals surface area contributed by atoms with Crippen LogP contribution in [-0.4, -0.2) is 36.7 Å². The van der Waals surface area contributed by atoms with Crippen molar-refractivity contribution in [1.82, 2.24) is 9.29 Å². The Balaban J connectivity index is 1.50. The zero-order valence-corrected chi connectivity index (χ0v) is 18.3. The molecule has 0 radical (unpaired) electrons. The summed E-state index contributed by atoms with van der Waals surface area (Å²) in [6.07, 6.45) is 2.78. The third-order valence-corrected chi connectivity index (χ3v) is 7.77. The molecule has 1 N–H and O–H groups in total. The third kappa shape index (κ3) is 4.45. The van der Waals surface area contributed by atoms with Gasteiger partial charge in [-0.05, 0) is 38.0 Å². The molecule has 0 spiro atoms. The molecule has 1 aliphatic rings. The van der Waals surface area contributed by atoms with Crippen molar-refractivity contribution in [3.63, 3.8) is 0 Å². The Labute approximate surface area is 180 Å². The number of benzene rings is 2. The van der Waals surface area contributed by atoms with Gasteiger partial charge in [0, 0.05) is 29.6 Å². The highest BCUT2D eigenvalue weighted by Gasteiger charge is 2.26. The second-order valence-corrected chi connectivity index (χ2v) is 10.1. The molecule has 0 atom stereocenters. The summed E-state index contributed by atoms with van der Waals surface area (Å²) in [5.41, 5.74) is 3.23. The van der Waals surface area contributed by atoms with Gasteiger partial charge in [0.05, 0.1) is 10.6 Å². The number of nitrogens with one attached hydrogen (secondary N) is 1. The lowest BCUT2D eigenvalue weighted by molar-refractivity contribution is 0.102. The third-order valence-electron chi connectivity index (χ3n) is 5.12. The number of hydrogen-bond acceptors (Lipinski definition) is 5. The first kappa shape index (κ1) is 20.7. The van der Waals surface area contributed by atoms with Crippen molar-refractivity contribution < 1.29 is 13.2 Å². The number of anilines is 1. The van der Waals surface area contributed by atoms with E-state index < -0.39 is 10.0 Å². The number of carbonyl (C=O) groups is 1. The van der Waals surface area contributed by atoms with Crippen LogP contribution in [0.25, 0.3) is 11.3 Å². The van der Waals surface area contributed by atoms with Crippen LogP contribution < -0.4 is 5.32 Å². The van der Waals surface area contributed by atoms with E-state index in [1.54, 1.807) is 18.2 Å². The van der Waals surface area contributed by atoms with E-state index in [2.05, 4.69) is 10.3 Å². The van der Waals surface area contributed by atoms with Gasteiger partial charge in [-0.1, -0.05) is 42.3 Å². The first-order valence-corrected chi connectivity index (χ1v) is 12.2. The second kappa shape index (κ2) is 8.67.